The zero-order valence-corrected chi connectivity index (χ0v) is 10.1. The standard InChI is InChI=1S/C14H20N/c1-6-9-14(15(3,4)5)13-11-8-7-10-12(13)2/h6-11H,1H2,2-5H3/q+1/b14-9-. The SMILES string of the molecule is C=C/C=C(/c1ccccc1C)[N+](C)(C)C. The molecule has 1 aromatic carbocycles. The highest BCUT2D eigenvalue weighted by atomic mass is 15.3. The van der Waals surface area contributed by atoms with E-state index in [1.165, 1.54) is 16.8 Å². The van der Waals surface area contributed by atoms with Crippen molar-refractivity contribution in [1.29, 1.82) is 0 Å². The van der Waals surface area contributed by atoms with Gasteiger partial charge in [-0.25, -0.2) is 0 Å². The molecule has 0 unspecified atom stereocenters. The van der Waals surface area contributed by atoms with Crippen molar-refractivity contribution in [3.63, 3.8) is 0 Å². The van der Waals surface area contributed by atoms with E-state index in [4.69, 9.17) is 0 Å². The van der Waals surface area contributed by atoms with Crippen LogP contribution < -0.4 is 0 Å². The minimum atomic E-state index is 0.802. The van der Waals surface area contributed by atoms with E-state index in [1.807, 2.05) is 6.08 Å². The van der Waals surface area contributed by atoms with Crippen LogP contribution in [0.5, 0.6) is 0 Å². The molecule has 1 nitrogen and oxygen atoms in total. The maximum absolute atomic E-state index is 3.78. The molecule has 0 bridgehead atoms. The van der Waals surface area contributed by atoms with Crippen molar-refractivity contribution in [2.45, 2.75) is 6.92 Å². The van der Waals surface area contributed by atoms with Gasteiger partial charge in [0, 0.05) is 5.56 Å². The van der Waals surface area contributed by atoms with Crippen molar-refractivity contribution in [1.82, 2.24) is 0 Å². The molecule has 0 heterocycles. The molecular formula is C14H20N+. The van der Waals surface area contributed by atoms with Gasteiger partial charge in [0.1, 0.15) is 5.70 Å². The Labute approximate surface area is 92.9 Å². The van der Waals surface area contributed by atoms with E-state index in [1.54, 1.807) is 0 Å². The Morgan fingerprint density at radius 1 is 1.20 bits per heavy atom. The van der Waals surface area contributed by atoms with Crippen LogP contribution in [0.2, 0.25) is 0 Å². The van der Waals surface area contributed by atoms with Gasteiger partial charge in [0.05, 0.1) is 21.1 Å². The summed E-state index contributed by atoms with van der Waals surface area (Å²) in [7, 11) is 6.51. The van der Waals surface area contributed by atoms with E-state index in [0.717, 1.165) is 4.48 Å². The van der Waals surface area contributed by atoms with Crippen molar-refractivity contribution in [3.8, 4) is 0 Å². The second-order valence-electron chi connectivity index (χ2n) is 4.61. The maximum Gasteiger partial charge on any atom is 0.139 e. The van der Waals surface area contributed by atoms with Gasteiger partial charge in [-0.2, -0.15) is 0 Å². The summed E-state index contributed by atoms with van der Waals surface area (Å²) in [6.07, 6.45) is 3.94. The zero-order chi connectivity index (χ0) is 11.5. The summed E-state index contributed by atoms with van der Waals surface area (Å²) in [6, 6.07) is 8.45. The highest BCUT2D eigenvalue weighted by molar-refractivity contribution is 5.63. The molecule has 15 heavy (non-hydrogen) atoms. The predicted molar refractivity (Wildman–Crippen MR) is 67.4 cm³/mol. The largest absolute Gasteiger partial charge is 0.298 e. The Morgan fingerprint density at radius 2 is 1.80 bits per heavy atom. The fourth-order valence-corrected chi connectivity index (χ4v) is 1.65. The van der Waals surface area contributed by atoms with E-state index in [9.17, 15) is 0 Å². The Balaban J connectivity index is 3.29. The summed E-state index contributed by atoms with van der Waals surface area (Å²) in [6.45, 7) is 5.92. The molecule has 0 radical (unpaired) electrons. The molecule has 80 valence electrons. The maximum atomic E-state index is 3.78. The number of hydrogen-bond donors (Lipinski definition) is 0. The van der Waals surface area contributed by atoms with Crippen molar-refractivity contribution < 1.29 is 4.48 Å². The lowest BCUT2D eigenvalue weighted by Crippen LogP contribution is -2.32. The van der Waals surface area contributed by atoms with Gasteiger partial charge in [0.25, 0.3) is 0 Å². The first-order valence-electron chi connectivity index (χ1n) is 5.17. The van der Waals surface area contributed by atoms with Gasteiger partial charge in [-0.3, -0.25) is 4.48 Å². The number of rotatable bonds is 3. The molecule has 0 N–H and O–H groups in total. The minimum absolute atomic E-state index is 0.802. The molecular weight excluding hydrogens is 182 g/mol. The predicted octanol–water partition coefficient (Wildman–Crippen LogP) is 3.23. The summed E-state index contributed by atoms with van der Waals surface area (Å²) in [5.74, 6) is 0. The Kier molecular flexibility index (Phi) is 3.48. The third kappa shape index (κ3) is 2.80. The van der Waals surface area contributed by atoms with Gasteiger partial charge < -0.3 is 0 Å². The number of hydrogen-bond acceptors (Lipinski definition) is 0. The third-order valence-corrected chi connectivity index (χ3v) is 2.42. The lowest BCUT2D eigenvalue weighted by molar-refractivity contribution is -0.796. The molecule has 0 fully saturated rings. The monoisotopic (exact) mass is 202 g/mol. The summed E-state index contributed by atoms with van der Waals surface area (Å²) < 4.78 is 0.802. The van der Waals surface area contributed by atoms with Crippen molar-refractivity contribution in [2.75, 3.05) is 21.1 Å². The van der Waals surface area contributed by atoms with Crippen LogP contribution in [0.15, 0.2) is 43.0 Å². The highest BCUT2D eigenvalue weighted by Crippen LogP contribution is 2.24. The van der Waals surface area contributed by atoms with E-state index in [2.05, 4.69) is 65.0 Å². The molecule has 0 atom stereocenters. The highest BCUT2D eigenvalue weighted by Gasteiger charge is 2.18. The van der Waals surface area contributed by atoms with Crippen LogP contribution in [0.25, 0.3) is 5.70 Å². The van der Waals surface area contributed by atoms with Gasteiger partial charge >= 0.3 is 0 Å². The van der Waals surface area contributed by atoms with Crippen LogP contribution in [0.3, 0.4) is 0 Å². The lowest BCUT2D eigenvalue weighted by Gasteiger charge is -2.27. The lowest BCUT2D eigenvalue weighted by atomic mass is 10.0. The first-order chi connectivity index (χ1) is 6.96. The van der Waals surface area contributed by atoms with E-state index < -0.39 is 0 Å². The molecule has 0 aliphatic heterocycles. The first kappa shape index (κ1) is 11.7. The number of nitrogens with zero attached hydrogens (tertiary/aromatic N) is 1. The minimum Gasteiger partial charge on any atom is -0.298 e. The number of aryl methyl sites for hydroxylation is 1. The van der Waals surface area contributed by atoms with Gasteiger partial charge in [0.15, 0.2) is 0 Å². The molecule has 0 aliphatic rings. The van der Waals surface area contributed by atoms with Crippen molar-refractivity contribution in [2.24, 2.45) is 0 Å². The fourth-order valence-electron chi connectivity index (χ4n) is 1.65. The second-order valence-corrected chi connectivity index (χ2v) is 4.61. The summed E-state index contributed by atoms with van der Waals surface area (Å²) in [5, 5.41) is 0. The Hall–Kier alpha value is -1.34. The van der Waals surface area contributed by atoms with E-state index in [0.29, 0.717) is 0 Å². The topological polar surface area (TPSA) is 0 Å². The summed E-state index contributed by atoms with van der Waals surface area (Å²) in [4.78, 5) is 0. The second kappa shape index (κ2) is 4.45. The molecule has 1 heteroatoms. The number of benzene rings is 1. The molecule has 0 aliphatic carbocycles. The fraction of sp³-hybridized carbons (Fsp3) is 0.286. The quantitative estimate of drug-likeness (QED) is 0.521. The number of quaternary nitrogens is 1. The van der Waals surface area contributed by atoms with Gasteiger partial charge in [-0.1, -0.05) is 30.9 Å². The molecule has 0 aromatic heterocycles. The molecule has 1 rings (SSSR count). The molecule has 1 aromatic rings. The molecule has 0 spiro atoms. The van der Waals surface area contributed by atoms with E-state index in [-0.39, 0.29) is 0 Å². The Bertz CT molecular complexity index is 381. The van der Waals surface area contributed by atoms with Gasteiger partial charge in [-0.05, 0) is 24.6 Å². The molecule has 0 saturated carbocycles. The van der Waals surface area contributed by atoms with Crippen molar-refractivity contribution >= 4 is 5.70 Å². The van der Waals surface area contributed by atoms with Crippen LogP contribution in [0, 0.1) is 6.92 Å². The van der Waals surface area contributed by atoms with E-state index >= 15 is 0 Å². The van der Waals surface area contributed by atoms with Crippen LogP contribution in [0.4, 0.5) is 0 Å². The number of allylic oxidation sites excluding steroid dienone is 2. The smallest absolute Gasteiger partial charge is 0.139 e. The molecule has 0 amide bonds. The normalized spacial score (nSPS) is 12.7. The summed E-state index contributed by atoms with van der Waals surface area (Å²) in [5.41, 5.74) is 3.88. The van der Waals surface area contributed by atoms with Crippen LogP contribution in [0.1, 0.15) is 11.1 Å². The Morgan fingerprint density at radius 3 is 2.27 bits per heavy atom. The molecule has 0 saturated heterocycles. The van der Waals surface area contributed by atoms with Crippen LogP contribution in [-0.2, 0) is 0 Å². The summed E-state index contributed by atoms with van der Waals surface area (Å²) >= 11 is 0. The average molecular weight is 202 g/mol. The van der Waals surface area contributed by atoms with Crippen LogP contribution in [-0.4, -0.2) is 25.6 Å². The zero-order valence-electron chi connectivity index (χ0n) is 10.1. The average Bonchev–Trinajstić information content (AvgIpc) is 2.14. The first-order valence-corrected chi connectivity index (χ1v) is 5.17. The third-order valence-electron chi connectivity index (χ3n) is 2.42. The van der Waals surface area contributed by atoms with Crippen LogP contribution >= 0.6 is 0 Å². The van der Waals surface area contributed by atoms with Crippen molar-refractivity contribution in [3.05, 3.63) is 54.1 Å². The van der Waals surface area contributed by atoms with Gasteiger partial charge in [0.2, 0.25) is 0 Å². The van der Waals surface area contributed by atoms with Gasteiger partial charge in [-0.15, -0.1) is 0 Å².